The molecule has 1 aliphatic rings. The van der Waals surface area contributed by atoms with Crippen molar-refractivity contribution in [1.29, 1.82) is 0 Å². The lowest BCUT2D eigenvalue weighted by atomic mass is 10.1. The van der Waals surface area contributed by atoms with Gasteiger partial charge in [-0.15, -0.1) is 0 Å². The molecule has 1 aromatic heterocycles. The molecule has 2 heterocycles. The van der Waals surface area contributed by atoms with E-state index in [1.165, 1.54) is 0 Å². The number of aromatic amines is 1. The van der Waals surface area contributed by atoms with Crippen LogP contribution in [-0.2, 0) is 0 Å². The minimum absolute atomic E-state index is 0.0891. The van der Waals surface area contributed by atoms with Crippen molar-refractivity contribution < 1.29 is 8.78 Å². The second kappa shape index (κ2) is 7.17. The van der Waals surface area contributed by atoms with Crippen LogP contribution in [0.5, 0.6) is 0 Å². The number of fused-ring (bicyclic) bond motifs is 1. The van der Waals surface area contributed by atoms with Gasteiger partial charge in [-0.2, -0.15) is 0 Å². The summed E-state index contributed by atoms with van der Waals surface area (Å²) < 4.78 is 29.8. The van der Waals surface area contributed by atoms with Crippen molar-refractivity contribution in [1.82, 2.24) is 9.29 Å². The number of rotatable bonds is 5. The molecule has 27 heavy (non-hydrogen) atoms. The smallest absolute Gasteiger partial charge is 0.266 e. The molecule has 2 aromatic carbocycles. The molecule has 0 spiro atoms. The van der Waals surface area contributed by atoms with Crippen LogP contribution in [0, 0.1) is 0 Å². The summed E-state index contributed by atoms with van der Waals surface area (Å²) in [6.45, 7) is 3.18. The number of hydrogen-bond acceptors (Lipinski definition) is 3. The van der Waals surface area contributed by atoms with Gasteiger partial charge < -0.3 is 9.88 Å². The van der Waals surface area contributed by atoms with Gasteiger partial charge >= 0.3 is 0 Å². The van der Waals surface area contributed by atoms with Gasteiger partial charge in [0, 0.05) is 52.3 Å². The van der Waals surface area contributed by atoms with Crippen molar-refractivity contribution in [3.05, 3.63) is 48.5 Å². The summed E-state index contributed by atoms with van der Waals surface area (Å²) in [6, 6.07) is 16.3. The van der Waals surface area contributed by atoms with Gasteiger partial charge in [0.15, 0.2) is 0 Å². The number of hydrogen-bond donors (Lipinski definition) is 1. The van der Waals surface area contributed by atoms with Crippen molar-refractivity contribution in [3.63, 3.8) is 0 Å². The Morgan fingerprint density at radius 3 is 2.70 bits per heavy atom. The average Bonchev–Trinajstić information content (AvgIpc) is 3.24. The number of halogens is 2. The topological polar surface area (TPSA) is 22.3 Å². The molecule has 3 aromatic rings. The maximum Gasteiger partial charge on any atom is 0.266 e. The van der Waals surface area contributed by atoms with Crippen molar-refractivity contribution in [3.8, 4) is 11.3 Å². The molecular formula is C21H23F2N3S. The fourth-order valence-electron chi connectivity index (χ4n) is 3.47. The van der Waals surface area contributed by atoms with E-state index in [1.54, 1.807) is 16.8 Å². The lowest BCUT2D eigenvalue weighted by Crippen LogP contribution is -2.25. The van der Waals surface area contributed by atoms with E-state index in [1.807, 2.05) is 37.4 Å². The van der Waals surface area contributed by atoms with Crippen LogP contribution in [0.2, 0.25) is 0 Å². The van der Waals surface area contributed by atoms with Gasteiger partial charge in [-0.3, -0.25) is 0 Å². The summed E-state index contributed by atoms with van der Waals surface area (Å²) in [5.41, 5.74) is 3.84. The first kappa shape index (κ1) is 18.3. The van der Waals surface area contributed by atoms with E-state index in [9.17, 15) is 8.78 Å². The predicted molar refractivity (Wildman–Crippen MR) is 110 cm³/mol. The van der Waals surface area contributed by atoms with Gasteiger partial charge in [0.05, 0.1) is 6.54 Å². The van der Waals surface area contributed by atoms with Crippen molar-refractivity contribution in [2.75, 3.05) is 31.6 Å². The highest BCUT2D eigenvalue weighted by molar-refractivity contribution is 7.97. The Hall–Kier alpha value is -2.05. The number of benzene rings is 2. The Bertz CT molecular complexity index is 921. The van der Waals surface area contributed by atoms with Gasteiger partial charge in [-0.05, 0) is 49.3 Å². The molecule has 0 radical (unpaired) electrons. The largest absolute Gasteiger partial charge is 0.365 e. The lowest BCUT2D eigenvalue weighted by molar-refractivity contribution is 0.0257. The minimum Gasteiger partial charge on any atom is -0.365 e. The minimum atomic E-state index is -2.62. The van der Waals surface area contributed by atoms with E-state index in [4.69, 9.17) is 0 Å². The zero-order valence-electron chi connectivity index (χ0n) is 15.5. The molecule has 4 rings (SSSR count). The number of anilines is 1. The molecule has 1 aliphatic heterocycles. The highest BCUT2D eigenvalue weighted by Crippen LogP contribution is 2.39. The van der Waals surface area contributed by atoms with Crippen LogP contribution in [0.4, 0.5) is 14.5 Å². The number of nitrogens with zero attached hydrogens (tertiary/aromatic N) is 2. The van der Waals surface area contributed by atoms with Crippen molar-refractivity contribution in [2.24, 2.45) is 0 Å². The summed E-state index contributed by atoms with van der Waals surface area (Å²) in [6.07, 6.45) is -0.0891. The van der Waals surface area contributed by atoms with E-state index in [2.05, 4.69) is 34.4 Å². The first-order valence-electron chi connectivity index (χ1n) is 9.19. The molecule has 0 atom stereocenters. The third-order valence-corrected chi connectivity index (χ3v) is 6.04. The molecule has 0 amide bonds. The summed E-state index contributed by atoms with van der Waals surface area (Å²) in [7, 11) is 2.04. The summed E-state index contributed by atoms with van der Waals surface area (Å²) in [5.74, 6) is -2.62. The molecule has 1 N–H and O–H groups in total. The molecule has 1 saturated heterocycles. The monoisotopic (exact) mass is 387 g/mol. The molecule has 0 aliphatic carbocycles. The van der Waals surface area contributed by atoms with Crippen molar-refractivity contribution in [2.45, 2.75) is 24.2 Å². The molecular weight excluding hydrogens is 364 g/mol. The summed E-state index contributed by atoms with van der Waals surface area (Å²) >= 11 is 1.66. The third kappa shape index (κ3) is 3.82. The standard InChI is InChI=1S/C21H23F2N3S/c1-3-25(2)27-16-8-9-20(26-11-10-21(22,23)14-26)17(13-16)19-12-15-6-4-5-7-18(15)24-19/h4-9,12-13,24H,3,10-11,14H2,1-2H3. The Labute approximate surface area is 162 Å². The first-order valence-corrected chi connectivity index (χ1v) is 9.96. The van der Waals surface area contributed by atoms with Gasteiger partial charge in [0.25, 0.3) is 5.92 Å². The normalized spacial score (nSPS) is 16.6. The predicted octanol–water partition coefficient (Wildman–Crippen LogP) is 5.64. The van der Waals surface area contributed by atoms with Crippen LogP contribution in [0.15, 0.2) is 53.4 Å². The summed E-state index contributed by atoms with van der Waals surface area (Å²) in [5, 5.41) is 1.12. The van der Waals surface area contributed by atoms with Crippen LogP contribution >= 0.6 is 11.9 Å². The molecule has 1 fully saturated rings. The van der Waals surface area contributed by atoms with Gasteiger partial charge in [0.1, 0.15) is 0 Å². The number of para-hydroxylation sites is 1. The highest BCUT2D eigenvalue weighted by atomic mass is 32.2. The van der Waals surface area contributed by atoms with Gasteiger partial charge in [0.2, 0.25) is 0 Å². The number of alkyl halides is 2. The molecule has 0 unspecified atom stereocenters. The molecule has 142 valence electrons. The van der Waals surface area contributed by atoms with Gasteiger partial charge in [-0.25, -0.2) is 13.1 Å². The quantitative estimate of drug-likeness (QED) is 0.573. The van der Waals surface area contributed by atoms with E-state index < -0.39 is 5.92 Å². The maximum absolute atomic E-state index is 13.8. The van der Waals surface area contributed by atoms with E-state index in [0.717, 1.165) is 39.3 Å². The SMILES string of the molecule is CCN(C)Sc1ccc(N2CCC(F)(F)C2)c(-c2cc3ccccc3[nH]2)c1. The highest BCUT2D eigenvalue weighted by Gasteiger charge is 2.39. The zero-order chi connectivity index (χ0) is 19.0. The zero-order valence-corrected chi connectivity index (χ0v) is 16.3. The third-order valence-electron chi connectivity index (χ3n) is 5.01. The fraction of sp³-hybridized carbons (Fsp3) is 0.333. The van der Waals surface area contributed by atoms with Crippen LogP contribution in [-0.4, -0.2) is 41.9 Å². The summed E-state index contributed by atoms with van der Waals surface area (Å²) in [4.78, 5) is 6.36. The number of H-pyrrole nitrogens is 1. The van der Waals surface area contributed by atoms with Crippen LogP contribution in [0.25, 0.3) is 22.2 Å². The molecule has 6 heteroatoms. The Morgan fingerprint density at radius 1 is 1.19 bits per heavy atom. The Kier molecular flexibility index (Phi) is 4.86. The van der Waals surface area contributed by atoms with Gasteiger partial charge in [-0.1, -0.05) is 25.1 Å². The van der Waals surface area contributed by atoms with Crippen molar-refractivity contribution >= 4 is 28.5 Å². The van der Waals surface area contributed by atoms with Crippen LogP contribution < -0.4 is 4.90 Å². The molecule has 3 nitrogen and oxygen atoms in total. The first-order chi connectivity index (χ1) is 12.9. The average molecular weight is 387 g/mol. The van der Waals surface area contributed by atoms with E-state index in [-0.39, 0.29) is 13.0 Å². The van der Waals surface area contributed by atoms with E-state index >= 15 is 0 Å². The lowest BCUT2D eigenvalue weighted by Gasteiger charge is -2.23. The molecule has 0 bridgehead atoms. The maximum atomic E-state index is 13.8. The van der Waals surface area contributed by atoms with Crippen LogP contribution in [0.3, 0.4) is 0 Å². The fourth-order valence-corrected chi connectivity index (χ4v) is 4.26. The van der Waals surface area contributed by atoms with Crippen LogP contribution in [0.1, 0.15) is 13.3 Å². The molecule has 0 saturated carbocycles. The van der Waals surface area contributed by atoms with E-state index in [0.29, 0.717) is 6.54 Å². The number of aromatic nitrogens is 1. The second-order valence-corrected chi connectivity index (χ2v) is 8.29. The second-order valence-electron chi connectivity index (χ2n) is 7.01. The Balaban J connectivity index is 1.78. The Morgan fingerprint density at radius 2 is 2.00 bits per heavy atom. The number of nitrogens with one attached hydrogen (secondary N) is 1.